The third-order valence-electron chi connectivity index (χ3n) is 5.23. The van der Waals surface area contributed by atoms with Gasteiger partial charge in [0.25, 0.3) is 0 Å². The standard InChI is InChI=1S/C23H29ClFN3O4S/c1-5-16(2)26-23(30)17(3)27(14-18-6-10-20(25)11-7-18)22(29)15-28(33(4,31)32)21-12-8-19(24)9-13-21/h6-13,16-17H,5,14-15H2,1-4H3,(H,26,30)/t16-,17-/m0/s1. The molecule has 180 valence electrons. The fourth-order valence-electron chi connectivity index (χ4n) is 3.06. The van der Waals surface area contributed by atoms with Crippen LogP contribution in [0, 0.1) is 5.82 Å². The number of halogens is 2. The van der Waals surface area contributed by atoms with Crippen LogP contribution in [0.2, 0.25) is 5.02 Å². The average Bonchev–Trinajstić information content (AvgIpc) is 2.76. The molecule has 2 amide bonds. The Balaban J connectivity index is 2.36. The smallest absolute Gasteiger partial charge is 0.244 e. The number of anilines is 1. The lowest BCUT2D eigenvalue weighted by Gasteiger charge is -2.32. The molecule has 0 heterocycles. The Hall–Kier alpha value is -2.65. The molecule has 0 bridgehead atoms. The Morgan fingerprint density at radius 2 is 1.64 bits per heavy atom. The third kappa shape index (κ3) is 7.71. The van der Waals surface area contributed by atoms with E-state index in [-0.39, 0.29) is 24.2 Å². The molecule has 0 unspecified atom stereocenters. The van der Waals surface area contributed by atoms with Crippen molar-refractivity contribution in [2.24, 2.45) is 0 Å². The second-order valence-corrected chi connectivity index (χ2v) is 10.2. The molecule has 10 heteroatoms. The van der Waals surface area contributed by atoms with E-state index in [9.17, 15) is 22.4 Å². The Labute approximate surface area is 199 Å². The summed E-state index contributed by atoms with van der Waals surface area (Å²) >= 11 is 5.90. The molecule has 33 heavy (non-hydrogen) atoms. The van der Waals surface area contributed by atoms with Crippen LogP contribution >= 0.6 is 11.6 Å². The van der Waals surface area contributed by atoms with Crippen molar-refractivity contribution in [2.75, 3.05) is 17.1 Å². The molecule has 1 N–H and O–H groups in total. The van der Waals surface area contributed by atoms with Crippen molar-refractivity contribution in [1.29, 1.82) is 0 Å². The first-order chi connectivity index (χ1) is 15.4. The van der Waals surface area contributed by atoms with E-state index in [4.69, 9.17) is 11.6 Å². The summed E-state index contributed by atoms with van der Waals surface area (Å²) in [6.07, 6.45) is 1.71. The normalized spacial score (nSPS) is 13.2. The van der Waals surface area contributed by atoms with Crippen LogP contribution in [0.3, 0.4) is 0 Å². The van der Waals surface area contributed by atoms with Crippen LogP contribution in [0.1, 0.15) is 32.8 Å². The lowest BCUT2D eigenvalue weighted by molar-refractivity contribution is -0.139. The predicted octanol–water partition coefficient (Wildman–Crippen LogP) is 3.58. The number of nitrogens with zero attached hydrogens (tertiary/aromatic N) is 2. The minimum Gasteiger partial charge on any atom is -0.352 e. The molecule has 7 nitrogen and oxygen atoms in total. The van der Waals surface area contributed by atoms with Gasteiger partial charge in [-0.05, 0) is 62.2 Å². The quantitative estimate of drug-likeness (QED) is 0.543. The van der Waals surface area contributed by atoms with Gasteiger partial charge in [-0.2, -0.15) is 0 Å². The molecule has 0 aliphatic heterocycles. The van der Waals surface area contributed by atoms with E-state index in [1.165, 1.54) is 53.4 Å². The number of carbonyl (C=O) groups is 2. The SMILES string of the molecule is CC[C@H](C)NC(=O)[C@H](C)N(Cc1ccc(F)cc1)C(=O)CN(c1ccc(Cl)cc1)S(C)(=O)=O. The Bertz CT molecular complexity index is 1060. The van der Waals surface area contributed by atoms with E-state index in [0.717, 1.165) is 10.6 Å². The largest absolute Gasteiger partial charge is 0.352 e. The summed E-state index contributed by atoms with van der Waals surface area (Å²) in [5.74, 6) is -1.37. The van der Waals surface area contributed by atoms with Crippen LogP contribution in [-0.2, 0) is 26.2 Å². The zero-order valence-electron chi connectivity index (χ0n) is 19.1. The first-order valence-corrected chi connectivity index (χ1v) is 12.7. The molecule has 2 atom stereocenters. The zero-order chi connectivity index (χ0) is 24.8. The maximum absolute atomic E-state index is 13.4. The molecule has 0 aromatic heterocycles. The Morgan fingerprint density at radius 3 is 2.15 bits per heavy atom. The molecule has 0 spiro atoms. The van der Waals surface area contributed by atoms with Crippen molar-refractivity contribution in [3.05, 3.63) is 64.9 Å². The topological polar surface area (TPSA) is 86.8 Å². The summed E-state index contributed by atoms with van der Waals surface area (Å²) in [6.45, 7) is 4.84. The number of benzene rings is 2. The van der Waals surface area contributed by atoms with Crippen LogP contribution in [0.5, 0.6) is 0 Å². The van der Waals surface area contributed by atoms with E-state index < -0.39 is 34.3 Å². The number of amides is 2. The summed E-state index contributed by atoms with van der Waals surface area (Å²) in [4.78, 5) is 27.4. The highest BCUT2D eigenvalue weighted by Crippen LogP contribution is 2.21. The van der Waals surface area contributed by atoms with E-state index in [2.05, 4.69) is 5.32 Å². The van der Waals surface area contributed by atoms with Gasteiger partial charge in [0.2, 0.25) is 21.8 Å². The lowest BCUT2D eigenvalue weighted by Crippen LogP contribution is -2.52. The number of hydrogen-bond donors (Lipinski definition) is 1. The van der Waals surface area contributed by atoms with Crippen LogP contribution in [0.4, 0.5) is 10.1 Å². The summed E-state index contributed by atoms with van der Waals surface area (Å²) in [6, 6.07) is 10.6. The predicted molar refractivity (Wildman–Crippen MR) is 128 cm³/mol. The van der Waals surface area contributed by atoms with E-state index in [0.29, 0.717) is 17.0 Å². The summed E-state index contributed by atoms with van der Waals surface area (Å²) in [5, 5.41) is 3.26. The van der Waals surface area contributed by atoms with Crippen molar-refractivity contribution in [1.82, 2.24) is 10.2 Å². The van der Waals surface area contributed by atoms with Crippen LogP contribution in [-0.4, -0.2) is 50.0 Å². The molecule has 0 radical (unpaired) electrons. The fraction of sp³-hybridized carbons (Fsp3) is 0.391. The molecule has 0 fully saturated rings. The first-order valence-electron chi connectivity index (χ1n) is 10.5. The highest BCUT2D eigenvalue weighted by atomic mass is 35.5. The first kappa shape index (κ1) is 26.6. The molecule has 0 saturated heterocycles. The van der Waals surface area contributed by atoms with Crippen LogP contribution in [0.25, 0.3) is 0 Å². The molecule has 0 saturated carbocycles. The van der Waals surface area contributed by atoms with Crippen LogP contribution < -0.4 is 9.62 Å². The summed E-state index contributed by atoms with van der Waals surface area (Å²) in [7, 11) is -3.81. The highest BCUT2D eigenvalue weighted by Gasteiger charge is 2.30. The maximum atomic E-state index is 13.4. The van der Waals surface area contributed by atoms with Gasteiger partial charge in [0.05, 0.1) is 11.9 Å². The maximum Gasteiger partial charge on any atom is 0.244 e. The zero-order valence-corrected chi connectivity index (χ0v) is 20.7. The number of nitrogens with one attached hydrogen (secondary N) is 1. The van der Waals surface area contributed by atoms with Crippen molar-refractivity contribution in [3.8, 4) is 0 Å². The van der Waals surface area contributed by atoms with Crippen molar-refractivity contribution in [3.63, 3.8) is 0 Å². The van der Waals surface area contributed by atoms with Gasteiger partial charge in [-0.3, -0.25) is 13.9 Å². The van der Waals surface area contributed by atoms with Gasteiger partial charge in [-0.15, -0.1) is 0 Å². The van der Waals surface area contributed by atoms with Gasteiger partial charge in [0.1, 0.15) is 18.4 Å². The molecule has 0 aliphatic rings. The van der Waals surface area contributed by atoms with Gasteiger partial charge in [-0.1, -0.05) is 30.7 Å². The average molecular weight is 498 g/mol. The molecular weight excluding hydrogens is 469 g/mol. The van der Waals surface area contributed by atoms with Gasteiger partial charge < -0.3 is 10.2 Å². The Kier molecular flexibility index (Phi) is 9.25. The fourth-order valence-corrected chi connectivity index (χ4v) is 4.03. The molecule has 2 rings (SSSR count). The van der Waals surface area contributed by atoms with Crippen molar-refractivity contribution >= 4 is 39.1 Å². The highest BCUT2D eigenvalue weighted by molar-refractivity contribution is 7.92. The number of sulfonamides is 1. The van der Waals surface area contributed by atoms with Crippen LogP contribution in [0.15, 0.2) is 48.5 Å². The van der Waals surface area contributed by atoms with Crippen molar-refractivity contribution < 1.29 is 22.4 Å². The minimum absolute atomic E-state index is 0.00637. The van der Waals surface area contributed by atoms with E-state index >= 15 is 0 Å². The lowest BCUT2D eigenvalue weighted by atomic mass is 10.1. The van der Waals surface area contributed by atoms with E-state index in [1.54, 1.807) is 6.92 Å². The minimum atomic E-state index is -3.81. The van der Waals surface area contributed by atoms with Crippen molar-refractivity contribution in [2.45, 2.75) is 45.8 Å². The molecule has 2 aromatic rings. The van der Waals surface area contributed by atoms with Gasteiger partial charge >= 0.3 is 0 Å². The third-order valence-corrected chi connectivity index (χ3v) is 6.62. The monoisotopic (exact) mass is 497 g/mol. The van der Waals surface area contributed by atoms with Gasteiger partial charge in [0.15, 0.2) is 0 Å². The second-order valence-electron chi connectivity index (χ2n) is 7.89. The van der Waals surface area contributed by atoms with Gasteiger partial charge in [-0.25, -0.2) is 12.8 Å². The van der Waals surface area contributed by atoms with E-state index in [1.807, 2.05) is 13.8 Å². The molecular formula is C23H29ClFN3O4S. The number of rotatable bonds is 10. The molecule has 0 aliphatic carbocycles. The Morgan fingerprint density at radius 1 is 1.06 bits per heavy atom. The van der Waals surface area contributed by atoms with Gasteiger partial charge in [0, 0.05) is 17.6 Å². The number of hydrogen-bond acceptors (Lipinski definition) is 4. The summed E-state index contributed by atoms with van der Waals surface area (Å²) < 4.78 is 39.2. The number of carbonyl (C=O) groups excluding carboxylic acids is 2. The second kappa shape index (κ2) is 11.5. The summed E-state index contributed by atoms with van der Waals surface area (Å²) in [5.41, 5.74) is 0.874. The molecule has 2 aromatic carbocycles.